The van der Waals surface area contributed by atoms with Crippen molar-refractivity contribution in [2.75, 3.05) is 0 Å². The van der Waals surface area contributed by atoms with Crippen molar-refractivity contribution in [2.24, 2.45) is 11.7 Å². The number of carbonyl (C=O) groups is 1. The van der Waals surface area contributed by atoms with E-state index in [4.69, 9.17) is 33.9 Å². The molecule has 0 atom stereocenters. The quantitative estimate of drug-likeness (QED) is 0.267. The normalized spacial score (nSPS) is 20.2. The Kier molecular flexibility index (Phi) is 6.27. The lowest BCUT2D eigenvalue weighted by Gasteiger charge is -2.29. The van der Waals surface area contributed by atoms with Crippen LogP contribution in [0.5, 0.6) is 0 Å². The summed E-state index contributed by atoms with van der Waals surface area (Å²) >= 11 is 12.4. The SMILES string of the molecule is NC(=O)C1CCC(n2c(C3CC3)nc3ccc(C(c4ccc(Cl)cc4)c4ccc(Cl)cc4)cc32)CC1. The fourth-order valence-electron chi connectivity index (χ4n) is 5.83. The van der Waals surface area contributed by atoms with Crippen LogP contribution in [-0.4, -0.2) is 15.5 Å². The average molecular weight is 518 g/mol. The molecule has 0 radical (unpaired) electrons. The van der Waals surface area contributed by atoms with Gasteiger partial charge in [0.2, 0.25) is 5.91 Å². The van der Waals surface area contributed by atoms with E-state index in [9.17, 15) is 4.79 Å². The van der Waals surface area contributed by atoms with E-state index in [1.165, 1.54) is 40.9 Å². The van der Waals surface area contributed by atoms with E-state index in [-0.39, 0.29) is 17.7 Å². The van der Waals surface area contributed by atoms with Gasteiger partial charge >= 0.3 is 0 Å². The second kappa shape index (κ2) is 9.57. The highest BCUT2D eigenvalue weighted by Crippen LogP contribution is 2.45. The maximum absolute atomic E-state index is 11.8. The molecule has 2 saturated carbocycles. The van der Waals surface area contributed by atoms with Crippen LogP contribution in [-0.2, 0) is 4.79 Å². The monoisotopic (exact) mass is 517 g/mol. The molecule has 1 heterocycles. The molecule has 184 valence electrons. The number of imidazole rings is 1. The van der Waals surface area contributed by atoms with Crippen LogP contribution in [0.2, 0.25) is 10.0 Å². The number of aromatic nitrogens is 2. The van der Waals surface area contributed by atoms with Crippen LogP contribution in [0.3, 0.4) is 0 Å². The number of rotatable bonds is 6. The number of hydrogen-bond donors (Lipinski definition) is 1. The van der Waals surface area contributed by atoms with Gasteiger partial charge in [-0.15, -0.1) is 0 Å². The van der Waals surface area contributed by atoms with Crippen molar-refractivity contribution in [3.8, 4) is 0 Å². The number of fused-ring (bicyclic) bond motifs is 1. The third-order valence-corrected chi connectivity index (χ3v) is 8.39. The van der Waals surface area contributed by atoms with Gasteiger partial charge in [-0.05, 0) is 91.6 Å². The number of benzene rings is 3. The summed E-state index contributed by atoms with van der Waals surface area (Å²) in [5, 5.41) is 1.45. The molecule has 4 nitrogen and oxygen atoms in total. The van der Waals surface area contributed by atoms with Crippen molar-refractivity contribution >= 4 is 40.1 Å². The molecule has 6 heteroatoms. The van der Waals surface area contributed by atoms with Gasteiger partial charge in [-0.25, -0.2) is 4.98 Å². The summed E-state index contributed by atoms with van der Waals surface area (Å²) in [5.41, 5.74) is 11.4. The minimum atomic E-state index is -0.164. The molecule has 3 aromatic carbocycles. The summed E-state index contributed by atoms with van der Waals surface area (Å²) in [4.78, 5) is 16.9. The lowest BCUT2D eigenvalue weighted by atomic mass is 9.84. The first-order chi connectivity index (χ1) is 17.5. The van der Waals surface area contributed by atoms with E-state index in [1.807, 2.05) is 24.3 Å². The molecular weight excluding hydrogens is 489 g/mol. The predicted octanol–water partition coefficient (Wildman–Crippen LogP) is 7.62. The van der Waals surface area contributed by atoms with Crippen molar-refractivity contribution < 1.29 is 4.79 Å². The van der Waals surface area contributed by atoms with Crippen LogP contribution in [0, 0.1) is 5.92 Å². The number of carbonyl (C=O) groups excluding carboxylic acids is 1. The number of nitrogens with zero attached hydrogens (tertiary/aromatic N) is 2. The van der Waals surface area contributed by atoms with Crippen molar-refractivity contribution in [3.63, 3.8) is 0 Å². The molecule has 2 fully saturated rings. The first kappa shape index (κ1) is 23.6. The van der Waals surface area contributed by atoms with Crippen molar-refractivity contribution in [1.82, 2.24) is 9.55 Å². The second-order valence-corrected chi connectivity index (χ2v) is 11.2. The molecule has 0 bridgehead atoms. The minimum absolute atomic E-state index is 0.00448. The van der Waals surface area contributed by atoms with Gasteiger partial charge in [0.05, 0.1) is 11.0 Å². The van der Waals surface area contributed by atoms with Crippen LogP contribution in [0.1, 0.15) is 78.9 Å². The van der Waals surface area contributed by atoms with Gasteiger partial charge in [0, 0.05) is 33.8 Å². The second-order valence-electron chi connectivity index (χ2n) is 10.3. The fourth-order valence-corrected chi connectivity index (χ4v) is 6.08. The Balaban J connectivity index is 1.46. The summed E-state index contributed by atoms with van der Waals surface area (Å²) in [6, 6.07) is 23.2. The zero-order valence-electron chi connectivity index (χ0n) is 20.0. The molecule has 0 unspecified atom stereocenters. The molecule has 36 heavy (non-hydrogen) atoms. The molecule has 1 aromatic heterocycles. The van der Waals surface area contributed by atoms with Crippen LogP contribution >= 0.6 is 23.2 Å². The van der Waals surface area contributed by atoms with E-state index in [0.29, 0.717) is 12.0 Å². The van der Waals surface area contributed by atoms with Crippen LogP contribution in [0.4, 0.5) is 0 Å². The number of amides is 1. The van der Waals surface area contributed by atoms with Gasteiger partial charge < -0.3 is 10.3 Å². The number of hydrogen-bond acceptors (Lipinski definition) is 2. The highest BCUT2D eigenvalue weighted by Gasteiger charge is 2.34. The van der Waals surface area contributed by atoms with Gasteiger partial charge in [-0.2, -0.15) is 0 Å². The Morgan fingerprint density at radius 3 is 1.89 bits per heavy atom. The standard InChI is InChI=1S/C30H29Cl2N3O/c31-23-10-3-18(4-11-23)28(19-5-12-24(32)13-6-19)22-9-16-26-27(17-22)35(30(34-26)21-1-2-21)25-14-7-20(8-15-25)29(33)36/h3-6,9-13,16-17,20-21,25,28H,1-2,7-8,14-15H2,(H2,33,36). The van der Waals surface area contributed by atoms with Gasteiger partial charge in [0.25, 0.3) is 0 Å². The molecule has 0 saturated heterocycles. The topological polar surface area (TPSA) is 60.9 Å². The van der Waals surface area contributed by atoms with E-state index < -0.39 is 0 Å². The first-order valence-electron chi connectivity index (χ1n) is 12.8. The first-order valence-corrected chi connectivity index (χ1v) is 13.6. The zero-order valence-corrected chi connectivity index (χ0v) is 21.6. The summed E-state index contributed by atoms with van der Waals surface area (Å²) < 4.78 is 2.49. The lowest BCUT2D eigenvalue weighted by molar-refractivity contribution is -0.122. The Hall–Kier alpha value is -2.82. The third kappa shape index (κ3) is 4.53. The summed E-state index contributed by atoms with van der Waals surface area (Å²) in [5.74, 6) is 1.62. The van der Waals surface area contributed by atoms with Crippen molar-refractivity contribution in [2.45, 2.75) is 56.4 Å². The van der Waals surface area contributed by atoms with E-state index >= 15 is 0 Å². The van der Waals surface area contributed by atoms with Crippen LogP contribution < -0.4 is 5.73 Å². The third-order valence-electron chi connectivity index (χ3n) is 7.89. The van der Waals surface area contributed by atoms with Crippen molar-refractivity contribution in [1.29, 1.82) is 0 Å². The highest BCUT2D eigenvalue weighted by molar-refractivity contribution is 6.30. The average Bonchev–Trinajstić information content (AvgIpc) is 3.67. The molecular formula is C30H29Cl2N3O. The molecule has 2 aliphatic carbocycles. The largest absolute Gasteiger partial charge is 0.369 e. The summed E-state index contributed by atoms with van der Waals surface area (Å²) in [6.07, 6.45) is 6.01. The molecule has 4 aromatic rings. The highest BCUT2D eigenvalue weighted by atomic mass is 35.5. The Labute approximate surface area is 221 Å². The number of nitrogens with two attached hydrogens (primary N) is 1. The maximum Gasteiger partial charge on any atom is 0.220 e. The summed E-state index contributed by atoms with van der Waals surface area (Å²) in [6.45, 7) is 0. The van der Waals surface area contributed by atoms with Crippen molar-refractivity contribution in [3.05, 3.63) is 99.3 Å². The van der Waals surface area contributed by atoms with Crippen LogP contribution in [0.25, 0.3) is 11.0 Å². The zero-order chi connectivity index (χ0) is 24.8. The smallest absolute Gasteiger partial charge is 0.220 e. The molecule has 1 amide bonds. The fraction of sp³-hybridized carbons (Fsp3) is 0.333. The van der Waals surface area contributed by atoms with E-state index in [2.05, 4.69) is 47.0 Å². The molecule has 0 aliphatic heterocycles. The van der Waals surface area contributed by atoms with Gasteiger partial charge in [0.15, 0.2) is 0 Å². The Bertz CT molecular complexity index is 1350. The van der Waals surface area contributed by atoms with Gasteiger partial charge in [-0.1, -0.05) is 53.5 Å². The predicted molar refractivity (Wildman–Crippen MR) is 146 cm³/mol. The summed E-state index contributed by atoms with van der Waals surface area (Å²) in [7, 11) is 0. The maximum atomic E-state index is 11.8. The van der Waals surface area contributed by atoms with E-state index in [1.54, 1.807) is 0 Å². The number of halogens is 2. The molecule has 6 rings (SSSR count). The van der Waals surface area contributed by atoms with Gasteiger partial charge in [0.1, 0.15) is 5.82 Å². The van der Waals surface area contributed by atoms with E-state index in [0.717, 1.165) is 41.2 Å². The molecule has 0 spiro atoms. The molecule has 2 N–H and O–H groups in total. The minimum Gasteiger partial charge on any atom is -0.369 e. The Morgan fingerprint density at radius 1 is 0.806 bits per heavy atom. The van der Waals surface area contributed by atoms with Crippen LogP contribution in [0.15, 0.2) is 66.7 Å². The molecule has 2 aliphatic rings. The Morgan fingerprint density at radius 2 is 1.36 bits per heavy atom. The lowest BCUT2D eigenvalue weighted by Crippen LogP contribution is -2.28. The number of primary amides is 1. The van der Waals surface area contributed by atoms with Gasteiger partial charge in [-0.3, -0.25) is 4.79 Å².